The second kappa shape index (κ2) is 30.3. The topological polar surface area (TPSA) is 102 Å². The molecular weight excluding hydrogens is 1840 g/mol. The molecule has 16 heteroatoms. The average molecular weight is 1920 g/mol. The van der Waals surface area contributed by atoms with Gasteiger partial charge in [0.05, 0.1) is 14.3 Å². The van der Waals surface area contributed by atoms with Crippen LogP contribution in [0.5, 0.6) is 34.5 Å². The van der Waals surface area contributed by atoms with E-state index in [1.807, 2.05) is 43.3 Å². The number of hydrogen-bond donors (Lipinski definition) is 4. The maximum Gasteiger partial charge on any atom is 0.344 e. The number of halogens is 4. The van der Waals surface area contributed by atoms with Gasteiger partial charge in [0.2, 0.25) is 0 Å². The molecule has 19 rings (SSSR count). The number of carbonyl (C=O) groups is 1. The number of ether oxygens (including phenoxy) is 7. The second-order valence-corrected chi connectivity index (χ2v) is 39.9. The quantitative estimate of drug-likeness (QED) is 0.0174. The van der Waals surface area contributed by atoms with Crippen LogP contribution in [0.15, 0.2) is 287 Å². The number of aromatic hydroxyl groups is 1. The number of rotatable bonds is 22. The van der Waals surface area contributed by atoms with Gasteiger partial charge in [-0.05, 0) is 405 Å². The third-order valence-electron chi connectivity index (χ3n) is 22.3. The lowest BCUT2D eigenvalue weighted by atomic mass is 9.50. The van der Waals surface area contributed by atoms with Crippen LogP contribution >= 0.6 is 123 Å². The van der Waals surface area contributed by atoms with Crippen LogP contribution in [0.3, 0.4) is 0 Å². The van der Waals surface area contributed by atoms with Crippen LogP contribution in [-0.4, -0.2) is 36.7 Å². The monoisotopic (exact) mass is 1920 g/mol. The molecule has 0 amide bonds. The first-order valence-electron chi connectivity index (χ1n) is 36.4. The fourth-order valence-corrected chi connectivity index (χ4v) is 29.1. The molecule has 0 spiro atoms. The Hall–Kier alpha value is -7.16. The number of carbonyl (C=O) groups excluding carboxylic acids is 1. The van der Waals surface area contributed by atoms with Crippen LogP contribution in [0.25, 0.3) is 55.6 Å². The van der Waals surface area contributed by atoms with Gasteiger partial charge in [-0.15, -0.1) is 0 Å². The molecule has 12 aromatic carbocycles. The molecule has 4 aliphatic carbocycles. The highest BCUT2D eigenvalue weighted by Gasteiger charge is 2.57. The lowest BCUT2D eigenvalue weighted by molar-refractivity contribution is -0.204. The van der Waals surface area contributed by atoms with Gasteiger partial charge in [0.1, 0.15) is 59.9 Å². The molecule has 4 fully saturated rings. The van der Waals surface area contributed by atoms with Gasteiger partial charge in [-0.25, -0.2) is 4.79 Å². The van der Waals surface area contributed by atoms with Crippen LogP contribution in [0, 0.1) is 38.0 Å². The molecule has 107 heavy (non-hydrogen) atoms. The van der Waals surface area contributed by atoms with Crippen LogP contribution in [0.2, 0.25) is 0 Å². The van der Waals surface area contributed by atoms with E-state index in [9.17, 15) is 9.90 Å². The number of thiol groups is 3. The maximum atomic E-state index is 13.2. The van der Waals surface area contributed by atoms with Gasteiger partial charge in [-0.1, -0.05) is 84.9 Å². The fourth-order valence-electron chi connectivity index (χ4n) is 17.2. The standard InChI is InChI=1S/C91H76I4O9S3/c1-3-98-53-103-90-80(94)43-58(44-81(90)95)51-101-67-20-26-69(27-21-67)105-83-11-7-5-9-73(83)76-45-59(16-34-84(76)105)60-17-35-85-77(46-60)75-33-15-62(48-87(75)107(85)71-30-24-68(25-31-71)100-50-57-41-78(92)89(97)79(93)42-57)61-14-32-74-72-8-4-6-10-82(72)106(86(74)47-61)70-28-22-66(23-29-70)99-49-54-12-18-65(19-13-54)102-52-88(96)104-91(2)63-37-55-36-56(39-63)40-64(91)38-55/h4-35,41-48,55-56,63-64,97,105-107H,3,36-40,49-53H2,1-2H3. The van der Waals surface area contributed by atoms with Crippen LogP contribution < -0.4 is 23.7 Å². The van der Waals surface area contributed by atoms with Crippen molar-refractivity contribution in [1.29, 1.82) is 0 Å². The van der Waals surface area contributed by atoms with E-state index in [0.29, 0.717) is 49.8 Å². The molecule has 9 nitrogen and oxygen atoms in total. The second-order valence-electron chi connectivity index (χ2n) is 28.8. The SMILES string of the molecule is CCOCOc1c(I)cc(COc2ccc([SH]3c4ccccc4-c4cc(-c5ccc6c(c5)-c5ccc(-c7ccc8c(c7)[SH](c7ccc(OCc9ccc(OCC(=O)OC%10(C)C%11CC%12CC(C%11)CC%10C%12)cc9)cc7)c7ccccc7-8)cc5[SH]6c5ccc(OCc6cc(I)c(O)c(I)c6)cc5)ccc43)cc2)cc1I. The van der Waals surface area contributed by atoms with Crippen molar-refractivity contribution in [2.45, 2.75) is 115 Å². The van der Waals surface area contributed by atoms with Crippen molar-refractivity contribution in [2.75, 3.05) is 20.0 Å². The molecule has 3 atom stereocenters. The highest BCUT2D eigenvalue weighted by atomic mass is 127. The molecule has 540 valence electrons. The molecule has 1 N–H and O–H groups in total. The van der Waals surface area contributed by atoms with Gasteiger partial charge in [-0.3, -0.25) is 0 Å². The molecule has 12 aromatic rings. The summed E-state index contributed by atoms with van der Waals surface area (Å²) in [6, 6.07) is 88.8. The summed E-state index contributed by atoms with van der Waals surface area (Å²) >= 11 is 9.02. The summed E-state index contributed by atoms with van der Waals surface area (Å²) in [5.41, 5.74) is 15.2. The van der Waals surface area contributed by atoms with Crippen molar-refractivity contribution in [3.05, 3.63) is 274 Å². The predicted octanol–water partition coefficient (Wildman–Crippen LogP) is 24.8. The minimum atomic E-state index is -0.983. The van der Waals surface area contributed by atoms with Gasteiger partial charge in [0, 0.05) is 36.0 Å². The molecule has 3 aliphatic heterocycles. The molecule has 0 saturated heterocycles. The van der Waals surface area contributed by atoms with E-state index in [0.717, 1.165) is 65.8 Å². The highest BCUT2D eigenvalue weighted by molar-refractivity contribution is 14.1. The van der Waals surface area contributed by atoms with Crippen molar-refractivity contribution in [1.82, 2.24) is 0 Å². The van der Waals surface area contributed by atoms with E-state index < -0.39 is 32.7 Å². The molecule has 3 heterocycles. The van der Waals surface area contributed by atoms with E-state index in [2.05, 4.69) is 304 Å². The van der Waals surface area contributed by atoms with Crippen molar-refractivity contribution in [3.8, 4) is 90.1 Å². The van der Waals surface area contributed by atoms with E-state index >= 15 is 0 Å². The lowest BCUT2D eigenvalue weighted by Gasteiger charge is -2.59. The molecule has 0 aromatic heterocycles. The molecular formula is C91H76I4O9S3. The number of benzene rings is 12. The van der Waals surface area contributed by atoms with Crippen molar-refractivity contribution in [2.24, 2.45) is 23.7 Å². The predicted molar refractivity (Wildman–Crippen MR) is 463 cm³/mol. The van der Waals surface area contributed by atoms with Crippen LogP contribution in [-0.2, 0) is 34.1 Å². The summed E-state index contributed by atoms with van der Waals surface area (Å²) in [6.07, 6.45) is 6.13. The Morgan fingerprint density at radius 1 is 0.402 bits per heavy atom. The van der Waals surface area contributed by atoms with Crippen LogP contribution in [0.4, 0.5) is 0 Å². The normalized spacial score (nSPS) is 21.0. The smallest absolute Gasteiger partial charge is 0.344 e. The maximum absolute atomic E-state index is 13.2. The molecule has 4 saturated carbocycles. The molecule has 7 aliphatic rings. The summed E-state index contributed by atoms with van der Waals surface area (Å²) in [5, 5.41) is 10.5. The van der Waals surface area contributed by atoms with Gasteiger partial charge in [-0.2, -0.15) is 32.7 Å². The highest BCUT2D eigenvalue weighted by Crippen LogP contribution is 2.67. The van der Waals surface area contributed by atoms with Gasteiger partial charge in [0.15, 0.2) is 13.4 Å². The molecule has 0 radical (unpaired) electrons. The zero-order valence-corrected chi connectivity index (χ0v) is 70.1. The zero-order valence-electron chi connectivity index (χ0n) is 58.7. The van der Waals surface area contributed by atoms with Crippen molar-refractivity contribution < 1.29 is 43.1 Å². The minimum Gasteiger partial charge on any atom is -0.506 e. The van der Waals surface area contributed by atoms with E-state index in [-0.39, 0.29) is 25.0 Å². The van der Waals surface area contributed by atoms with Gasteiger partial charge >= 0.3 is 5.97 Å². The first-order chi connectivity index (χ1) is 52.2. The Kier molecular flexibility index (Phi) is 20.2. The fraction of sp³-hybridized carbons (Fsp3) is 0.198. The first kappa shape index (κ1) is 71.4. The van der Waals surface area contributed by atoms with Crippen LogP contribution in [0.1, 0.15) is 62.6 Å². The van der Waals surface area contributed by atoms with Crippen molar-refractivity contribution in [3.63, 3.8) is 0 Å². The largest absolute Gasteiger partial charge is 0.506 e. The Bertz CT molecular complexity index is 5370. The Balaban J connectivity index is 0.601. The van der Waals surface area contributed by atoms with E-state index in [4.69, 9.17) is 33.2 Å². The number of hydrogen-bond acceptors (Lipinski definition) is 9. The summed E-state index contributed by atoms with van der Waals surface area (Å²) in [4.78, 5) is 25.1. The molecule has 4 bridgehead atoms. The first-order valence-corrected chi connectivity index (χ1v) is 44.7. The Morgan fingerprint density at radius 3 is 1.27 bits per heavy atom. The number of phenols is 1. The third kappa shape index (κ3) is 14.1. The summed E-state index contributed by atoms with van der Waals surface area (Å²) in [6.45, 7) is 6.13. The minimum absolute atomic E-state index is 0.0922. The zero-order chi connectivity index (χ0) is 72.6. The van der Waals surface area contributed by atoms with E-state index in [1.165, 1.54) is 132 Å². The lowest BCUT2D eigenvalue weighted by Crippen LogP contribution is -2.58. The number of phenolic OH excluding ortho intramolecular Hbond substituents is 1. The summed E-state index contributed by atoms with van der Waals surface area (Å²) in [5.74, 6) is 6.51. The average Bonchev–Trinajstić information content (AvgIpc) is 1.35. The summed E-state index contributed by atoms with van der Waals surface area (Å²) < 4.78 is 46.6. The number of fused-ring (bicyclic) bond motifs is 9. The Morgan fingerprint density at radius 2 is 0.785 bits per heavy atom. The van der Waals surface area contributed by atoms with Gasteiger partial charge in [0.25, 0.3) is 0 Å². The van der Waals surface area contributed by atoms with Gasteiger partial charge < -0.3 is 38.3 Å². The van der Waals surface area contributed by atoms with E-state index in [1.54, 1.807) is 0 Å². The molecule has 3 unspecified atom stereocenters. The summed E-state index contributed by atoms with van der Waals surface area (Å²) in [7, 11) is -2.67. The third-order valence-corrected chi connectivity index (χ3v) is 33.2. The Labute approximate surface area is 687 Å². The van der Waals surface area contributed by atoms with Crippen molar-refractivity contribution >= 4 is 129 Å². The number of esters is 1.